The summed E-state index contributed by atoms with van der Waals surface area (Å²) >= 11 is 0. The van der Waals surface area contributed by atoms with Gasteiger partial charge in [-0.05, 0) is 36.8 Å². The lowest BCUT2D eigenvalue weighted by Gasteiger charge is -2.05. The molecule has 3 N–H and O–H groups in total. The Kier molecular flexibility index (Phi) is 7.16. The Morgan fingerprint density at radius 3 is 1.83 bits per heavy atom. The quantitative estimate of drug-likeness (QED) is 0.726. The Bertz CT molecular complexity index is 719. The Morgan fingerprint density at radius 1 is 0.875 bits per heavy atom. The number of phenolic OH excluding ortho intramolecular Hbond substituents is 1. The standard InChI is InChI=1S/C14H10O4.C4H8O2/c15-10-7-5-9(6-8-10)13(16)11-3-1-2-4-12(11)14(17)18;1-2-3-4(5)6/h1-8,15H,(H,17,18);2-3H2,1H3,(H,5,6). The molecular weight excluding hydrogens is 312 g/mol. The molecular formula is C18H18O6. The maximum absolute atomic E-state index is 12.1. The van der Waals surface area contributed by atoms with Gasteiger partial charge in [-0.1, -0.05) is 25.1 Å². The minimum Gasteiger partial charge on any atom is -0.508 e. The monoisotopic (exact) mass is 330 g/mol. The van der Waals surface area contributed by atoms with Gasteiger partial charge >= 0.3 is 11.9 Å². The van der Waals surface area contributed by atoms with Gasteiger partial charge in [0.2, 0.25) is 0 Å². The molecule has 0 aromatic heterocycles. The van der Waals surface area contributed by atoms with E-state index >= 15 is 0 Å². The van der Waals surface area contributed by atoms with Crippen LogP contribution >= 0.6 is 0 Å². The van der Waals surface area contributed by atoms with Crippen LogP contribution in [-0.4, -0.2) is 33.0 Å². The van der Waals surface area contributed by atoms with Crippen molar-refractivity contribution in [1.29, 1.82) is 0 Å². The van der Waals surface area contributed by atoms with Gasteiger partial charge in [0.05, 0.1) is 5.56 Å². The molecule has 0 heterocycles. The normalized spacial score (nSPS) is 9.54. The summed E-state index contributed by atoms with van der Waals surface area (Å²) in [5, 5.41) is 26.1. The van der Waals surface area contributed by atoms with Crippen LogP contribution in [0.5, 0.6) is 5.75 Å². The van der Waals surface area contributed by atoms with E-state index in [9.17, 15) is 14.4 Å². The van der Waals surface area contributed by atoms with Crippen LogP contribution in [0.2, 0.25) is 0 Å². The van der Waals surface area contributed by atoms with Gasteiger partial charge in [-0.25, -0.2) is 4.79 Å². The molecule has 0 bridgehead atoms. The first-order valence-corrected chi connectivity index (χ1v) is 7.24. The highest BCUT2D eigenvalue weighted by atomic mass is 16.4. The summed E-state index contributed by atoms with van der Waals surface area (Å²) in [5.74, 6) is -2.18. The number of rotatable bonds is 5. The molecule has 6 heteroatoms. The molecule has 0 unspecified atom stereocenters. The first-order valence-electron chi connectivity index (χ1n) is 7.24. The molecule has 0 aliphatic carbocycles. The topological polar surface area (TPSA) is 112 Å². The van der Waals surface area contributed by atoms with Gasteiger partial charge in [0.15, 0.2) is 5.78 Å². The molecule has 6 nitrogen and oxygen atoms in total. The Labute approximate surface area is 139 Å². The SMILES string of the molecule is CCCC(=O)O.O=C(O)c1ccccc1C(=O)c1ccc(O)cc1. The van der Waals surface area contributed by atoms with Gasteiger partial charge in [0.1, 0.15) is 5.75 Å². The van der Waals surface area contributed by atoms with E-state index in [0.717, 1.165) is 6.42 Å². The van der Waals surface area contributed by atoms with Crippen molar-refractivity contribution in [3.05, 3.63) is 65.2 Å². The smallest absolute Gasteiger partial charge is 0.336 e. The van der Waals surface area contributed by atoms with Crippen LogP contribution < -0.4 is 0 Å². The van der Waals surface area contributed by atoms with Crippen LogP contribution in [0.1, 0.15) is 46.0 Å². The first-order chi connectivity index (χ1) is 11.4. The lowest BCUT2D eigenvalue weighted by molar-refractivity contribution is -0.137. The predicted octanol–water partition coefficient (Wildman–Crippen LogP) is 3.19. The molecule has 2 aromatic rings. The highest BCUT2D eigenvalue weighted by Gasteiger charge is 2.16. The van der Waals surface area contributed by atoms with Crippen molar-refractivity contribution in [1.82, 2.24) is 0 Å². The van der Waals surface area contributed by atoms with E-state index in [2.05, 4.69) is 0 Å². The largest absolute Gasteiger partial charge is 0.508 e. The number of carboxylic acid groups (broad SMARTS) is 2. The molecule has 0 saturated heterocycles. The Hall–Kier alpha value is -3.15. The molecule has 24 heavy (non-hydrogen) atoms. The van der Waals surface area contributed by atoms with Crippen LogP contribution in [0.3, 0.4) is 0 Å². The van der Waals surface area contributed by atoms with Crippen molar-refractivity contribution in [3.8, 4) is 5.75 Å². The molecule has 0 atom stereocenters. The zero-order chi connectivity index (χ0) is 18.1. The lowest BCUT2D eigenvalue weighted by Crippen LogP contribution is -2.09. The van der Waals surface area contributed by atoms with E-state index < -0.39 is 11.9 Å². The molecule has 0 fully saturated rings. The molecule has 0 radical (unpaired) electrons. The van der Waals surface area contributed by atoms with Crippen LogP contribution in [-0.2, 0) is 4.79 Å². The van der Waals surface area contributed by atoms with Crippen LogP contribution in [0, 0.1) is 0 Å². The van der Waals surface area contributed by atoms with Crippen molar-refractivity contribution in [2.24, 2.45) is 0 Å². The molecule has 0 aliphatic heterocycles. The van der Waals surface area contributed by atoms with Crippen molar-refractivity contribution >= 4 is 17.7 Å². The summed E-state index contributed by atoms with van der Waals surface area (Å²) in [6.45, 7) is 1.84. The second-order valence-corrected chi connectivity index (χ2v) is 4.87. The van der Waals surface area contributed by atoms with Crippen molar-refractivity contribution in [3.63, 3.8) is 0 Å². The average molecular weight is 330 g/mol. The summed E-state index contributed by atoms with van der Waals surface area (Å²) in [6.07, 6.45) is 1.02. The summed E-state index contributed by atoms with van der Waals surface area (Å²) < 4.78 is 0. The van der Waals surface area contributed by atoms with E-state index in [1.165, 1.54) is 36.4 Å². The maximum Gasteiger partial charge on any atom is 0.336 e. The Balaban J connectivity index is 0.000000413. The summed E-state index contributed by atoms with van der Waals surface area (Å²) in [7, 11) is 0. The molecule has 126 valence electrons. The van der Waals surface area contributed by atoms with Gasteiger partial charge in [-0.2, -0.15) is 0 Å². The highest BCUT2D eigenvalue weighted by Crippen LogP contribution is 2.17. The molecule has 2 rings (SSSR count). The summed E-state index contributed by atoms with van der Waals surface area (Å²) in [5.41, 5.74) is 0.438. The van der Waals surface area contributed by atoms with E-state index in [0.29, 0.717) is 12.0 Å². The van der Waals surface area contributed by atoms with Crippen molar-refractivity contribution < 1.29 is 29.7 Å². The number of phenols is 1. The van der Waals surface area contributed by atoms with E-state index in [-0.39, 0.29) is 22.7 Å². The third kappa shape index (κ3) is 5.57. The average Bonchev–Trinajstić information content (AvgIpc) is 2.55. The molecule has 0 amide bonds. The number of benzene rings is 2. The van der Waals surface area contributed by atoms with Crippen LogP contribution in [0.15, 0.2) is 48.5 Å². The number of ketones is 1. The summed E-state index contributed by atoms with van der Waals surface area (Å²) in [4.78, 5) is 32.8. The minimum absolute atomic E-state index is 0.0319. The maximum atomic E-state index is 12.1. The minimum atomic E-state index is -1.14. The number of aliphatic carboxylic acids is 1. The Morgan fingerprint density at radius 2 is 1.42 bits per heavy atom. The third-order valence-electron chi connectivity index (χ3n) is 3.00. The van der Waals surface area contributed by atoms with E-state index in [1.54, 1.807) is 12.1 Å². The number of carbonyl (C=O) groups is 3. The van der Waals surface area contributed by atoms with Gasteiger partial charge in [-0.15, -0.1) is 0 Å². The number of hydrogen-bond acceptors (Lipinski definition) is 4. The van der Waals surface area contributed by atoms with E-state index in [1.807, 2.05) is 6.92 Å². The fourth-order valence-corrected chi connectivity index (χ4v) is 1.85. The van der Waals surface area contributed by atoms with Crippen LogP contribution in [0.4, 0.5) is 0 Å². The van der Waals surface area contributed by atoms with Crippen molar-refractivity contribution in [2.45, 2.75) is 19.8 Å². The zero-order valence-corrected chi connectivity index (χ0v) is 13.1. The first kappa shape index (κ1) is 18.9. The summed E-state index contributed by atoms with van der Waals surface area (Å²) in [6, 6.07) is 11.7. The molecule has 2 aromatic carbocycles. The second kappa shape index (κ2) is 9.09. The fraction of sp³-hybridized carbons (Fsp3) is 0.167. The zero-order valence-electron chi connectivity index (χ0n) is 13.1. The molecule has 0 aliphatic rings. The fourth-order valence-electron chi connectivity index (χ4n) is 1.85. The van der Waals surface area contributed by atoms with Gasteiger partial charge < -0.3 is 15.3 Å². The lowest BCUT2D eigenvalue weighted by atomic mass is 9.98. The number of aromatic hydroxyl groups is 1. The highest BCUT2D eigenvalue weighted by molar-refractivity contribution is 6.14. The van der Waals surface area contributed by atoms with Gasteiger partial charge in [0.25, 0.3) is 0 Å². The second-order valence-electron chi connectivity index (χ2n) is 4.87. The number of aromatic carboxylic acids is 1. The number of carboxylic acids is 2. The van der Waals surface area contributed by atoms with Crippen molar-refractivity contribution in [2.75, 3.05) is 0 Å². The van der Waals surface area contributed by atoms with Gasteiger partial charge in [0, 0.05) is 17.5 Å². The number of hydrogen-bond donors (Lipinski definition) is 3. The molecule has 0 saturated carbocycles. The van der Waals surface area contributed by atoms with Gasteiger partial charge in [-0.3, -0.25) is 9.59 Å². The molecule has 0 spiro atoms. The predicted molar refractivity (Wildman–Crippen MR) is 87.5 cm³/mol. The third-order valence-corrected chi connectivity index (χ3v) is 3.00. The number of carbonyl (C=O) groups excluding carboxylic acids is 1. The van der Waals surface area contributed by atoms with E-state index in [4.69, 9.17) is 15.3 Å². The van der Waals surface area contributed by atoms with Crippen LogP contribution in [0.25, 0.3) is 0 Å².